The van der Waals surface area contributed by atoms with E-state index in [9.17, 15) is 0 Å². The third-order valence-corrected chi connectivity index (χ3v) is 5.25. The summed E-state index contributed by atoms with van der Waals surface area (Å²) in [4.78, 5) is 0. The van der Waals surface area contributed by atoms with Crippen LogP contribution in [0.2, 0.25) is 6.32 Å². The average molecular weight is 277 g/mol. The van der Waals surface area contributed by atoms with Gasteiger partial charge in [0.1, 0.15) is 0 Å². The predicted octanol–water partition coefficient (Wildman–Crippen LogP) is 4.41. The molecule has 0 amide bonds. The summed E-state index contributed by atoms with van der Waals surface area (Å²) in [7, 11) is 2.37. The number of fused-ring (bicyclic) bond motifs is 1. The zero-order chi connectivity index (χ0) is 14.9. The normalized spacial score (nSPS) is 21.9. The Kier molecular flexibility index (Phi) is 4.16. The number of rotatable bonds is 1. The van der Waals surface area contributed by atoms with Gasteiger partial charge >= 0.3 is 0 Å². The monoisotopic (exact) mass is 277 g/mol. The van der Waals surface area contributed by atoms with Crippen molar-refractivity contribution in [2.24, 2.45) is 5.92 Å². The molecule has 3 rings (SSSR count). The maximum atomic E-state index is 3.55. The highest BCUT2D eigenvalue weighted by Gasteiger charge is 2.30. The summed E-state index contributed by atoms with van der Waals surface area (Å²) in [5.41, 5.74) is 4.62. The van der Waals surface area contributed by atoms with Gasteiger partial charge in [0.25, 0.3) is 0 Å². The van der Waals surface area contributed by atoms with Crippen molar-refractivity contribution in [2.45, 2.75) is 70.5 Å². The van der Waals surface area contributed by atoms with E-state index in [0.717, 1.165) is 6.32 Å². The van der Waals surface area contributed by atoms with Crippen molar-refractivity contribution in [3.05, 3.63) is 29.3 Å². The Morgan fingerprint density at radius 1 is 1.19 bits per heavy atom. The molecular weight excluding hydrogens is 251 g/mol. The van der Waals surface area contributed by atoms with Crippen LogP contribution < -0.4 is 5.46 Å². The lowest BCUT2D eigenvalue weighted by Crippen LogP contribution is -2.16. The molecule has 1 heteroatoms. The quantitative estimate of drug-likeness (QED) is 0.527. The van der Waals surface area contributed by atoms with Crippen LogP contribution in [0.4, 0.5) is 0 Å². The van der Waals surface area contributed by atoms with Crippen LogP contribution in [0.3, 0.4) is 0 Å². The van der Waals surface area contributed by atoms with Gasteiger partial charge in [-0.3, -0.25) is 0 Å². The maximum Gasteiger partial charge on any atom is 0.152 e. The highest BCUT2D eigenvalue weighted by atomic mass is 14.3. The fourth-order valence-electron chi connectivity index (χ4n) is 3.66. The third-order valence-electron chi connectivity index (χ3n) is 5.25. The van der Waals surface area contributed by atoms with E-state index >= 15 is 0 Å². The molecule has 1 atom stereocenters. The van der Waals surface area contributed by atoms with Gasteiger partial charge < -0.3 is 0 Å². The van der Waals surface area contributed by atoms with Gasteiger partial charge in [-0.1, -0.05) is 74.9 Å². The number of hydrogen-bond donors (Lipinski definition) is 0. The van der Waals surface area contributed by atoms with E-state index in [-0.39, 0.29) is 0 Å². The van der Waals surface area contributed by atoms with E-state index in [2.05, 4.69) is 58.1 Å². The molecule has 1 heterocycles. The van der Waals surface area contributed by atoms with Crippen molar-refractivity contribution in [2.75, 3.05) is 0 Å². The van der Waals surface area contributed by atoms with Crippen LogP contribution in [0.5, 0.6) is 0 Å². The van der Waals surface area contributed by atoms with Crippen molar-refractivity contribution in [3.8, 4) is 11.8 Å². The Balaban J connectivity index is 1.76. The zero-order valence-corrected chi connectivity index (χ0v) is 13.7. The highest BCUT2D eigenvalue weighted by Crippen LogP contribution is 2.32. The predicted molar refractivity (Wildman–Crippen MR) is 92.4 cm³/mol. The summed E-state index contributed by atoms with van der Waals surface area (Å²) in [6.45, 7) is 6.94. The molecule has 0 bridgehead atoms. The molecule has 1 aromatic rings. The van der Waals surface area contributed by atoms with Gasteiger partial charge in [0.05, 0.1) is 0 Å². The Hall–Kier alpha value is -1.16. The van der Waals surface area contributed by atoms with Crippen molar-refractivity contribution < 1.29 is 0 Å². The van der Waals surface area contributed by atoms with Crippen LogP contribution in [-0.2, 0) is 5.41 Å². The van der Waals surface area contributed by atoms with Crippen LogP contribution in [0.15, 0.2) is 18.2 Å². The van der Waals surface area contributed by atoms with Gasteiger partial charge in [-0.25, -0.2) is 0 Å². The second kappa shape index (κ2) is 5.92. The first-order valence-electron chi connectivity index (χ1n) is 8.55. The fourth-order valence-corrected chi connectivity index (χ4v) is 3.66. The van der Waals surface area contributed by atoms with Crippen LogP contribution >= 0.6 is 0 Å². The van der Waals surface area contributed by atoms with Crippen molar-refractivity contribution in [1.29, 1.82) is 0 Å². The maximum absolute atomic E-state index is 3.55. The lowest BCUT2D eigenvalue weighted by molar-refractivity contribution is 0.430. The van der Waals surface area contributed by atoms with Crippen LogP contribution in [-0.4, -0.2) is 7.28 Å². The first-order chi connectivity index (χ1) is 10.1. The van der Waals surface area contributed by atoms with Gasteiger partial charge in [-0.05, 0) is 36.3 Å². The van der Waals surface area contributed by atoms with Gasteiger partial charge in [-0.15, -0.1) is 0 Å². The largest absolute Gasteiger partial charge is 0.152 e. The minimum atomic E-state index is 0.294. The van der Waals surface area contributed by atoms with Gasteiger partial charge in [0, 0.05) is 11.8 Å². The van der Waals surface area contributed by atoms with E-state index < -0.39 is 0 Å². The molecule has 0 N–H and O–H groups in total. The van der Waals surface area contributed by atoms with Crippen LogP contribution in [0.25, 0.3) is 0 Å². The summed E-state index contributed by atoms with van der Waals surface area (Å²) >= 11 is 0. The summed E-state index contributed by atoms with van der Waals surface area (Å²) in [5.74, 6) is 8.09. The molecule has 1 saturated carbocycles. The molecular formula is C20H26B. The molecule has 21 heavy (non-hydrogen) atoms. The van der Waals surface area contributed by atoms with E-state index in [1.807, 2.05) is 0 Å². The molecule has 0 nitrogen and oxygen atoms in total. The molecule has 109 valence electrons. The molecule has 0 spiro atoms. The van der Waals surface area contributed by atoms with Gasteiger partial charge in [0.15, 0.2) is 7.28 Å². The number of hydrogen-bond acceptors (Lipinski definition) is 0. The molecule has 1 unspecified atom stereocenters. The Morgan fingerprint density at radius 3 is 2.71 bits per heavy atom. The Labute approximate surface area is 131 Å². The molecule has 1 radical (unpaired) electrons. The van der Waals surface area contributed by atoms with Crippen molar-refractivity contribution >= 4 is 12.7 Å². The summed E-state index contributed by atoms with van der Waals surface area (Å²) < 4.78 is 0. The second-order valence-electron chi connectivity index (χ2n) is 7.48. The van der Waals surface area contributed by atoms with Gasteiger partial charge in [-0.2, -0.15) is 0 Å². The SMILES string of the molecule is CC(C#CC1CCCCC1)c1ccc2c(c1)C(C)(C)C[B]2. The molecule has 1 aliphatic carbocycles. The van der Waals surface area contributed by atoms with Gasteiger partial charge in [0.2, 0.25) is 0 Å². The Morgan fingerprint density at radius 2 is 1.95 bits per heavy atom. The lowest BCUT2D eigenvalue weighted by Gasteiger charge is -2.21. The first kappa shape index (κ1) is 14.8. The smallest absolute Gasteiger partial charge is 0.0993 e. The summed E-state index contributed by atoms with van der Waals surface area (Å²) in [5, 5.41) is 0. The topological polar surface area (TPSA) is 0 Å². The average Bonchev–Trinajstić information content (AvgIpc) is 2.81. The van der Waals surface area contributed by atoms with Crippen molar-refractivity contribution in [3.63, 3.8) is 0 Å². The first-order valence-corrected chi connectivity index (χ1v) is 8.55. The van der Waals surface area contributed by atoms with Crippen molar-refractivity contribution in [1.82, 2.24) is 0 Å². The molecule has 0 aromatic heterocycles. The van der Waals surface area contributed by atoms with Crippen LogP contribution in [0, 0.1) is 17.8 Å². The molecule has 1 aromatic carbocycles. The minimum absolute atomic E-state index is 0.294. The van der Waals surface area contributed by atoms with E-state index in [1.54, 1.807) is 0 Å². The Bertz CT molecular complexity index is 567. The molecule has 1 aliphatic heterocycles. The number of benzene rings is 1. The summed E-state index contributed by atoms with van der Waals surface area (Å²) in [6, 6.07) is 6.97. The van der Waals surface area contributed by atoms with E-state index in [4.69, 9.17) is 0 Å². The minimum Gasteiger partial charge on any atom is -0.0993 e. The van der Waals surface area contributed by atoms with E-state index in [0.29, 0.717) is 17.3 Å². The third kappa shape index (κ3) is 3.21. The standard InChI is InChI=1S/C20H26B/c1-15(9-10-16-7-5-4-6-8-16)17-11-12-19-18(13-17)20(2,3)14-21-19/h11-13,15-16H,4-8,14H2,1-3H3. The van der Waals surface area contributed by atoms with E-state index in [1.165, 1.54) is 48.7 Å². The molecule has 1 fully saturated rings. The fraction of sp³-hybridized carbons (Fsp3) is 0.600. The molecule has 0 saturated heterocycles. The zero-order valence-electron chi connectivity index (χ0n) is 13.7. The lowest BCUT2D eigenvalue weighted by atomic mass is 9.69. The highest BCUT2D eigenvalue weighted by molar-refractivity contribution is 6.56. The molecule has 2 aliphatic rings. The second-order valence-corrected chi connectivity index (χ2v) is 7.48. The van der Waals surface area contributed by atoms with Crippen LogP contribution in [0.1, 0.15) is 69.9 Å². The summed E-state index contributed by atoms with van der Waals surface area (Å²) in [6.07, 6.45) is 7.93.